The molecule has 1 N–H and O–H groups in total. The molecule has 0 aliphatic carbocycles. The maximum Gasteiger partial charge on any atom is 0.237 e. The standard InChI is InChI=1S/C25H35N3O3/c1-19-6-5-7-22(16-19)18-27-12-14-28(15-13-27)20(2)25(29)26-11-10-21-8-9-23(30-3)24(17-21)31-4/h5-9,16-17,20H,10-15,18H2,1-4H3,(H,26,29). The van der Waals surface area contributed by atoms with Crippen molar-refractivity contribution in [1.29, 1.82) is 0 Å². The van der Waals surface area contributed by atoms with Gasteiger partial charge in [-0.05, 0) is 43.5 Å². The molecule has 1 unspecified atom stereocenters. The Morgan fingerprint density at radius 3 is 2.42 bits per heavy atom. The third kappa shape index (κ3) is 6.45. The van der Waals surface area contributed by atoms with Gasteiger partial charge < -0.3 is 14.8 Å². The predicted molar refractivity (Wildman–Crippen MR) is 124 cm³/mol. The van der Waals surface area contributed by atoms with Crippen molar-refractivity contribution in [2.24, 2.45) is 0 Å². The van der Waals surface area contributed by atoms with Crippen molar-refractivity contribution in [3.05, 3.63) is 59.2 Å². The highest BCUT2D eigenvalue weighted by atomic mass is 16.5. The lowest BCUT2D eigenvalue weighted by molar-refractivity contribution is -0.126. The number of carbonyl (C=O) groups excluding carboxylic acids is 1. The van der Waals surface area contributed by atoms with Gasteiger partial charge >= 0.3 is 0 Å². The Morgan fingerprint density at radius 2 is 1.74 bits per heavy atom. The molecule has 6 nitrogen and oxygen atoms in total. The van der Waals surface area contributed by atoms with Crippen LogP contribution in [0.3, 0.4) is 0 Å². The molecule has 6 heteroatoms. The Morgan fingerprint density at radius 1 is 1.00 bits per heavy atom. The van der Waals surface area contributed by atoms with Crippen molar-refractivity contribution in [3.8, 4) is 11.5 Å². The number of hydrogen-bond acceptors (Lipinski definition) is 5. The summed E-state index contributed by atoms with van der Waals surface area (Å²) in [6.45, 7) is 9.50. The first kappa shape index (κ1) is 23.1. The number of ether oxygens (including phenoxy) is 2. The number of piperazine rings is 1. The quantitative estimate of drug-likeness (QED) is 0.670. The molecule has 1 heterocycles. The van der Waals surface area contributed by atoms with E-state index < -0.39 is 0 Å². The summed E-state index contributed by atoms with van der Waals surface area (Å²) in [6.07, 6.45) is 0.753. The third-order valence-electron chi connectivity index (χ3n) is 5.98. The minimum Gasteiger partial charge on any atom is -0.493 e. The maximum absolute atomic E-state index is 12.7. The average Bonchev–Trinajstić information content (AvgIpc) is 2.79. The fourth-order valence-electron chi connectivity index (χ4n) is 4.06. The van der Waals surface area contributed by atoms with E-state index in [1.54, 1.807) is 14.2 Å². The third-order valence-corrected chi connectivity index (χ3v) is 5.98. The Bertz CT molecular complexity index is 863. The summed E-state index contributed by atoms with van der Waals surface area (Å²) in [4.78, 5) is 17.4. The maximum atomic E-state index is 12.7. The Kier molecular flexibility index (Phi) is 8.32. The molecule has 0 bridgehead atoms. The number of nitrogens with one attached hydrogen (secondary N) is 1. The van der Waals surface area contributed by atoms with Gasteiger partial charge in [-0.1, -0.05) is 35.9 Å². The Balaban J connectivity index is 1.41. The topological polar surface area (TPSA) is 54.0 Å². The van der Waals surface area contributed by atoms with Crippen molar-refractivity contribution in [2.45, 2.75) is 32.9 Å². The van der Waals surface area contributed by atoms with Crippen LogP contribution in [-0.4, -0.2) is 68.7 Å². The lowest BCUT2D eigenvalue weighted by Gasteiger charge is -2.37. The first-order valence-corrected chi connectivity index (χ1v) is 11.0. The van der Waals surface area contributed by atoms with Crippen LogP contribution < -0.4 is 14.8 Å². The highest BCUT2D eigenvalue weighted by Gasteiger charge is 2.25. The first-order valence-electron chi connectivity index (χ1n) is 11.0. The van der Waals surface area contributed by atoms with Crippen LogP contribution in [0.1, 0.15) is 23.6 Å². The van der Waals surface area contributed by atoms with E-state index >= 15 is 0 Å². The normalized spacial score (nSPS) is 16.0. The Labute approximate surface area is 186 Å². The SMILES string of the molecule is COc1ccc(CCNC(=O)C(C)N2CCN(Cc3cccc(C)c3)CC2)cc1OC. The summed E-state index contributed by atoms with van der Waals surface area (Å²) in [5.74, 6) is 1.52. The van der Waals surface area contributed by atoms with Crippen LogP contribution in [0, 0.1) is 6.92 Å². The molecule has 0 radical (unpaired) electrons. The van der Waals surface area contributed by atoms with Crippen LogP contribution in [0.4, 0.5) is 0 Å². The van der Waals surface area contributed by atoms with E-state index in [0.29, 0.717) is 18.0 Å². The fraction of sp³-hybridized carbons (Fsp3) is 0.480. The van der Waals surface area contributed by atoms with Gasteiger partial charge in [-0.2, -0.15) is 0 Å². The summed E-state index contributed by atoms with van der Waals surface area (Å²) in [5, 5.41) is 3.09. The molecular weight excluding hydrogens is 390 g/mol. The highest BCUT2D eigenvalue weighted by Crippen LogP contribution is 2.27. The van der Waals surface area contributed by atoms with Crippen molar-refractivity contribution in [2.75, 3.05) is 46.9 Å². The molecule has 1 aliphatic heterocycles. The van der Waals surface area contributed by atoms with Gasteiger partial charge in [0.1, 0.15) is 0 Å². The second-order valence-corrected chi connectivity index (χ2v) is 8.21. The van der Waals surface area contributed by atoms with Gasteiger partial charge in [0.25, 0.3) is 0 Å². The van der Waals surface area contributed by atoms with Gasteiger partial charge in [0, 0.05) is 39.3 Å². The van der Waals surface area contributed by atoms with E-state index in [9.17, 15) is 4.79 Å². The molecule has 3 rings (SSSR count). The fourth-order valence-corrected chi connectivity index (χ4v) is 4.06. The molecular formula is C25H35N3O3. The van der Waals surface area contributed by atoms with E-state index in [-0.39, 0.29) is 11.9 Å². The number of aryl methyl sites for hydroxylation is 1. The number of nitrogens with zero attached hydrogens (tertiary/aromatic N) is 2. The number of hydrogen-bond donors (Lipinski definition) is 1. The van der Waals surface area contributed by atoms with E-state index in [4.69, 9.17) is 9.47 Å². The van der Waals surface area contributed by atoms with Gasteiger partial charge in [-0.25, -0.2) is 0 Å². The highest BCUT2D eigenvalue weighted by molar-refractivity contribution is 5.81. The molecule has 2 aromatic rings. The zero-order valence-electron chi connectivity index (χ0n) is 19.2. The van der Waals surface area contributed by atoms with Crippen molar-refractivity contribution in [1.82, 2.24) is 15.1 Å². The second kappa shape index (κ2) is 11.2. The van der Waals surface area contributed by atoms with Crippen LogP contribution in [0.2, 0.25) is 0 Å². The molecule has 0 spiro atoms. The number of carbonyl (C=O) groups is 1. The molecule has 1 aliphatic rings. The van der Waals surface area contributed by atoms with Crippen LogP contribution in [0.15, 0.2) is 42.5 Å². The molecule has 31 heavy (non-hydrogen) atoms. The molecule has 168 valence electrons. The van der Waals surface area contributed by atoms with Gasteiger partial charge in [0.15, 0.2) is 11.5 Å². The van der Waals surface area contributed by atoms with Crippen molar-refractivity contribution >= 4 is 5.91 Å². The minimum atomic E-state index is -0.119. The van der Waals surface area contributed by atoms with Crippen LogP contribution in [-0.2, 0) is 17.8 Å². The second-order valence-electron chi connectivity index (χ2n) is 8.21. The van der Waals surface area contributed by atoms with E-state index in [1.807, 2.05) is 25.1 Å². The van der Waals surface area contributed by atoms with Crippen LogP contribution in [0.25, 0.3) is 0 Å². The summed E-state index contributed by atoms with van der Waals surface area (Å²) in [5.41, 5.74) is 3.76. The lowest BCUT2D eigenvalue weighted by atomic mass is 10.1. The number of rotatable bonds is 9. The van der Waals surface area contributed by atoms with E-state index in [2.05, 4.69) is 46.3 Å². The number of methoxy groups -OCH3 is 2. The molecule has 1 amide bonds. The minimum absolute atomic E-state index is 0.0904. The summed E-state index contributed by atoms with van der Waals surface area (Å²) >= 11 is 0. The van der Waals surface area contributed by atoms with Gasteiger partial charge in [0.2, 0.25) is 5.91 Å². The summed E-state index contributed by atoms with van der Waals surface area (Å²) in [6, 6.07) is 14.4. The molecule has 1 fully saturated rings. The van der Waals surface area contributed by atoms with E-state index in [1.165, 1.54) is 11.1 Å². The van der Waals surface area contributed by atoms with Crippen molar-refractivity contribution < 1.29 is 14.3 Å². The van der Waals surface area contributed by atoms with Gasteiger partial charge in [-0.15, -0.1) is 0 Å². The van der Waals surface area contributed by atoms with Gasteiger partial charge in [-0.3, -0.25) is 14.6 Å². The number of amides is 1. The van der Waals surface area contributed by atoms with Gasteiger partial charge in [0.05, 0.1) is 20.3 Å². The average molecular weight is 426 g/mol. The predicted octanol–water partition coefficient (Wildman–Crippen LogP) is 2.88. The molecule has 1 saturated heterocycles. The van der Waals surface area contributed by atoms with Crippen LogP contribution >= 0.6 is 0 Å². The molecule has 0 saturated carbocycles. The zero-order chi connectivity index (χ0) is 22.2. The lowest BCUT2D eigenvalue weighted by Crippen LogP contribution is -2.53. The summed E-state index contributed by atoms with van der Waals surface area (Å²) < 4.78 is 10.6. The molecule has 1 atom stereocenters. The zero-order valence-corrected chi connectivity index (χ0v) is 19.2. The van der Waals surface area contributed by atoms with Crippen molar-refractivity contribution in [3.63, 3.8) is 0 Å². The monoisotopic (exact) mass is 425 g/mol. The number of benzene rings is 2. The largest absolute Gasteiger partial charge is 0.493 e. The molecule has 2 aromatic carbocycles. The molecule has 0 aromatic heterocycles. The first-order chi connectivity index (χ1) is 15.0. The van der Waals surface area contributed by atoms with Crippen LogP contribution in [0.5, 0.6) is 11.5 Å². The van der Waals surface area contributed by atoms with E-state index in [0.717, 1.165) is 44.7 Å². The smallest absolute Gasteiger partial charge is 0.237 e. The Hall–Kier alpha value is -2.57. The summed E-state index contributed by atoms with van der Waals surface area (Å²) in [7, 11) is 3.26.